The third kappa shape index (κ3) is 3.57. The minimum atomic E-state index is -1.02. The number of amides is 2. The van der Waals surface area contributed by atoms with Gasteiger partial charge in [-0.2, -0.15) is 5.10 Å². The normalized spacial score (nSPS) is 17.1. The lowest BCUT2D eigenvalue weighted by atomic mass is 10.1. The van der Waals surface area contributed by atoms with Crippen LogP contribution in [0.25, 0.3) is 5.69 Å². The van der Waals surface area contributed by atoms with Crippen LogP contribution in [0.1, 0.15) is 27.4 Å². The van der Waals surface area contributed by atoms with E-state index >= 15 is 0 Å². The molecular weight excluding hydrogens is 340 g/mol. The number of rotatable bonds is 5. The van der Waals surface area contributed by atoms with E-state index in [9.17, 15) is 14.4 Å². The summed E-state index contributed by atoms with van der Waals surface area (Å²) < 4.78 is 6.59. The summed E-state index contributed by atoms with van der Waals surface area (Å²) in [4.78, 5) is 37.1. The Labute approximate surface area is 149 Å². The van der Waals surface area contributed by atoms with Gasteiger partial charge >= 0.3 is 5.97 Å². The Morgan fingerprint density at radius 1 is 1.27 bits per heavy atom. The Balaban J connectivity index is 1.94. The molecule has 1 aliphatic rings. The summed E-state index contributed by atoms with van der Waals surface area (Å²) in [5, 5.41) is 13.3. The summed E-state index contributed by atoms with van der Waals surface area (Å²) in [5.41, 5.74) is 6.10. The lowest BCUT2D eigenvalue weighted by Gasteiger charge is -2.34. The van der Waals surface area contributed by atoms with E-state index in [2.05, 4.69) is 5.10 Å². The number of carbonyl (C=O) groups excluding carboxylic acids is 2. The largest absolute Gasteiger partial charge is 0.481 e. The SMILES string of the molecule is NC(=O)c1cc(C(=O)N2CCOCC2CC(=O)O)nn1-c1ccccc1. The molecule has 1 aromatic heterocycles. The molecular formula is C17H18N4O5. The van der Waals surface area contributed by atoms with E-state index in [-0.39, 0.29) is 31.0 Å². The fourth-order valence-corrected chi connectivity index (χ4v) is 2.87. The first-order valence-electron chi connectivity index (χ1n) is 8.03. The zero-order valence-electron chi connectivity index (χ0n) is 13.9. The van der Waals surface area contributed by atoms with E-state index < -0.39 is 23.8 Å². The number of hydrogen-bond acceptors (Lipinski definition) is 5. The van der Waals surface area contributed by atoms with Crippen LogP contribution < -0.4 is 5.73 Å². The maximum Gasteiger partial charge on any atom is 0.305 e. The number of primary amides is 1. The van der Waals surface area contributed by atoms with Crippen LogP contribution in [-0.2, 0) is 9.53 Å². The number of nitrogens with zero attached hydrogens (tertiary/aromatic N) is 3. The molecule has 0 bridgehead atoms. The number of para-hydroxylation sites is 1. The molecule has 0 saturated carbocycles. The summed E-state index contributed by atoms with van der Waals surface area (Å²) in [7, 11) is 0. The van der Waals surface area contributed by atoms with Crippen molar-refractivity contribution in [1.29, 1.82) is 0 Å². The molecule has 1 unspecified atom stereocenters. The first kappa shape index (κ1) is 17.6. The molecule has 1 atom stereocenters. The molecule has 1 saturated heterocycles. The van der Waals surface area contributed by atoms with Gasteiger partial charge in [0.25, 0.3) is 11.8 Å². The van der Waals surface area contributed by atoms with Crippen molar-refractivity contribution in [3.63, 3.8) is 0 Å². The molecule has 0 radical (unpaired) electrons. The second-order valence-electron chi connectivity index (χ2n) is 5.85. The van der Waals surface area contributed by atoms with Gasteiger partial charge in [-0.25, -0.2) is 4.68 Å². The minimum absolute atomic E-state index is 0.0277. The van der Waals surface area contributed by atoms with E-state index in [0.29, 0.717) is 12.3 Å². The fourth-order valence-electron chi connectivity index (χ4n) is 2.87. The van der Waals surface area contributed by atoms with Crippen molar-refractivity contribution in [1.82, 2.24) is 14.7 Å². The maximum absolute atomic E-state index is 12.9. The molecule has 3 rings (SSSR count). The highest BCUT2D eigenvalue weighted by atomic mass is 16.5. The molecule has 9 nitrogen and oxygen atoms in total. The molecule has 1 aliphatic heterocycles. The average molecular weight is 358 g/mol. The molecule has 0 spiro atoms. The van der Waals surface area contributed by atoms with Crippen LogP contribution in [0.3, 0.4) is 0 Å². The zero-order chi connectivity index (χ0) is 18.7. The summed E-state index contributed by atoms with van der Waals surface area (Å²) >= 11 is 0. The van der Waals surface area contributed by atoms with Crippen LogP contribution in [0, 0.1) is 0 Å². The lowest BCUT2D eigenvalue weighted by Crippen LogP contribution is -2.49. The second kappa shape index (κ2) is 7.36. The Hall–Kier alpha value is -3.20. The lowest BCUT2D eigenvalue weighted by molar-refractivity contribution is -0.139. The predicted octanol–water partition coefficient (Wildman–Crippen LogP) is 0.287. The molecule has 1 fully saturated rings. The fraction of sp³-hybridized carbons (Fsp3) is 0.294. The topological polar surface area (TPSA) is 128 Å². The smallest absolute Gasteiger partial charge is 0.305 e. The summed E-state index contributed by atoms with van der Waals surface area (Å²) in [5.74, 6) is -2.20. The van der Waals surface area contributed by atoms with Crippen molar-refractivity contribution in [2.75, 3.05) is 19.8 Å². The molecule has 2 aromatic rings. The van der Waals surface area contributed by atoms with Gasteiger partial charge in [0.15, 0.2) is 5.69 Å². The van der Waals surface area contributed by atoms with Crippen molar-refractivity contribution < 1.29 is 24.2 Å². The van der Waals surface area contributed by atoms with Gasteiger partial charge in [-0.15, -0.1) is 0 Å². The number of hydrogen-bond donors (Lipinski definition) is 2. The van der Waals surface area contributed by atoms with Gasteiger partial charge in [0.2, 0.25) is 0 Å². The molecule has 3 N–H and O–H groups in total. The highest BCUT2D eigenvalue weighted by Crippen LogP contribution is 2.18. The minimum Gasteiger partial charge on any atom is -0.481 e. The van der Waals surface area contributed by atoms with Crippen LogP contribution >= 0.6 is 0 Å². The molecule has 136 valence electrons. The quantitative estimate of drug-likeness (QED) is 0.790. The molecule has 0 aliphatic carbocycles. The molecule has 2 heterocycles. The predicted molar refractivity (Wildman–Crippen MR) is 90.0 cm³/mol. The van der Waals surface area contributed by atoms with Gasteiger partial charge in [0.1, 0.15) is 5.69 Å². The van der Waals surface area contributed by atoms with Crippen molar-refractivity contribution in [2.24, 2.45) is 5.73 Å². The number of benzene rings is 1. The number of carboxylic acid groups (broad SMARTS) is 1. The Morgan fingerprint density at radius 3 is 2.65 bits per heavy atom. The number of morpholine rings is 1. The number of nitrogens with two attached hydrogens (primary N) is 1. The molecule has 2 amide bonds. The van der Waals surface area contributed by atoms with Crippen LogP contribution in [0.2, 0.25) is 0 Å². The second-order valence-corrected chi connectivity index (χ2v) is 5.85. The highest BCUT2D eigenvalue weighted by Gasteiger charge is 2.32. The van der Waals surface area contributed by atoms with Crippen LogP contribution in [0.4, 0.5) is 0 Å². The first-order chi connectivity index (χ1) is 12.5. The Bertz CT molecular complexity index is 833. The first-order valence-corrected chi connectivity index (χ1v) is 8.03. The highest BCUT2D eigenvalue weighted by molar-refractivity contribution is 5.98. The van der Waals surface area contributed by atoms with Crippen LogP contribution in [-0.4, -0.2) is 63.4 Å². The number of aromatic nitrogens is 2. The Morgan fingerprint density at radius 2 is 2.00 bits per heavy atom. The van der Waals surface area contributed by atoms with Crippen molar-refractivity contribution in [3.8, 4) is 5.69 Å². The van der Waals surface area contributed by atoms with Crippen LogP contribution in [0.15, 0.2) is 36.4 Å². The van der Waals surface area contributed by atoms with E-state index in [1.54, 1.807) is 24.3 Å². The maximum atomic E-state index is 12.9. The molecule has 26 heavy (non-hydrogen) atoms. The van der Waals surface area contributed by atoms with Crippen molar-refractivity contribution >= 4 is 17.8 Å². The Kier molecular flexibility index (Phi) is 4.99. The molecule has 1 aromatic carbocycles. The van der Waals surface area contributed by atoms with Gasteiger partial charge in [-0.1, -0.05) is 18.2 Å². The van der Waals surface area contributed by atoms with Gasteiger partial charge in [-0.3, -0.25) is 14.4 Å². The summed E-state index contributed by atoms with van der Waals surface area (Å²) in [6, 6.07) is 9.55. The van der Waals surface area contributed by atoms with E-state index in [1.165, 1.54) is 15.6 Å². The number of carboxylic acids is 1. The van der Waals surface area contributed by atoms with E-state index in [4.69, 9.17) is 15.6 Å². The van der Waals surface area contributed by atoms with Gasteiger partial charge in [0.05, 0.1) is 31.4 Å². The average Bonchev–Trinajstić information content (AvgIpc) is 3.07. The van der Waals surface area contributed by atoms with Crippen molar-refractivity contribution in [3.05, 3.63) is 47.8 Å². The van der Waals surface area contributed by atoms with Gasteiger partial charge in [-0.05, 0) is 12.1 Å². The van der Waals surface area contributed by atoms with Gasteiger partial charge < -0.3 is 20.5 Å². The zero-order valence-corrected chi connectivity index (χ0v) is 13.9. The van der Waals surface area contributed by atoms with Crippen LogP contribution in [0.5, 0.6) is 0 Å². The third-order valence-electron chi connectivity index (χ3n) is 4.08. The summed E-state index contributed by atoms with van der Waals surface area (Å²) in [6.45, 7) is 0.699. The standard InChI is InChI=1S/C17H18N4O5/c18-16(24)14-9-13(19-21(14)11-4-2-1-3-5-11)17(25)20-6-7-26-10-12(20)8-15(22)23/h1-5,9,12H,6-8,10H2,(H2,18,24)(H,22,23). The molecule has 9 heteroatoms. The summed E-state index contributed by atoms with van der Waals surface area (Å²) in [6.07, 6.45) is -0.228. The number of aliphatic carboxylic acids is 1. The van der Waals surface area contributed by atoms with E-state index in [0.717, 1.165) is 0 Å². The monoisotopic (exact) mass is 358 g/mol. The van der Waals surface area contributed by atoms with Crippen molar-refractivity contribution in [2.45, 2.75) is 12.5 Å². The van der Waals surface area contributed by atoms with Gasteiger partial charge in [0, 0.05) is 12.6 Å². The third-order valence-corrected chi connectivity index (χ3v) is 4.08. The van der Waals surface area contributed by atoms with E-state index in [1.807, 2.05) is 6.07 Å². The number of carbonyl (C=O) groups is 3. The number of ether oxygens (including phenoxy) is 1.